The number of nitrogens with one attached hydrogen (secondary N) is 2. The van der Waals surface area contributed by atoms with Gasteiger partial charge in [0.25, 0.3) is 5.91 Å². The number of methoxy groups -OCH3 is 2. The molecule has 2 aromatic carbocycles. The van der Waals surface area contributed by atoms with Crippen LogP contribution in [0.3, 0.4) is 0 Å². The normalized spacial score (nSPS) is 14.4. The van der Waals surface area contributed by atoms with Gasteiger partial charge in [-0.05, 0) is 78.6 Å². The van der Waals surface area contributed by atoms with Crippen molar-refractivity contribution in [1.29, 1.82) is 0 Å². The van der Waals surface area contributed by atoms with Crippen LogP contribution >= 0.6 is 27.5 Å². The largest absolute Gasteiger partial charge is 0.496 e. The molecule has 8 nitrogen and oxygen atoms in total. The first-order valence-electron chi connectivity index (χ1n) is 11.2. The fraction of sp³-hybridized carbons (Fsp3) is 0.320. The monoisotopic (exact) mass is 559 g/mol. The summed E-state index contributed by atoms with van der Waals surface area (Å²) in [5.41, 5.74) is 2.63. The highest BCUT2D eigenvalue weighted by Gasteiger charge is 2.22. The van der Waals surface area contributed by atoms with E-state index in [9.17, 15) is 4.79 Å². The highest BCUT2D eigenvalue weighted by Crippen LogP contribution is 2.36. The number of nitrogens with zero attached hydrogens (tertiary/aromatic N) is 3. The molecule has 35 heavy (non-hydrogen) atoms. The quantitative estimate of drug-likeness (QED) is 0.382. The molecule has 0 bridgehead atoms. The first-order valence-corrected chi connectivity index (χ1v) is 12.4. The van der Waals surface area contributed by atoms with Crippen LogP contribution in [-0.4, -0.2) is 55.1 Å². The molecule has 1 amide bonds. The van der Waals surface area contributed by atoms with Gasteiger partial charge in [0.15, 0.2) is 0 Å². The number of piperidine rings is 1. The summed E-state index contributed by atoms with van der Waals surface area (Å²) < 4.78 is 11.7. The molecule has 0 atom stereocenters. The Hall–Kier alpha value is -2.88. The van der Waals surface area contributed by atoms with Crippen molar-refractivity contribution in [3.8, 4) is 11.6 Å². The minimum absolute atomic E-state index is 0.137. The molecule has 10 heteroatoms. The molecule has 2 heterocycles. The topological polar surface area (TPSA) is 88.6 Å². The van der Waals surface area contributed by atoms with Gasteiger partial charge in [-0.2, -0.15) is 4.98 Å². The third kappa shape index (κ3) is 5.86. The zero-order chi connectivity index (χ0) is 24.9. The van der Waals surface area contributed by atoms with Gasteiger partial charge in [0.2, 0.25) is 11.8 Å². The van der Waals surface area contributed by atoms with E-state index in [2.05, 4.69) is 54.5 Å². The van der Waals surface area contributed by atoms with Gasteiger partial charge in [-0.3, -0.25) is 4.79 Å². The summed E-state index contributed by atoms with van der Waals surface area (Å²) >= 11 is 9.61. The molecule has 3 aromatic rings. The summed E-state index contributed by atoms with van der Waals surface area (Å²) in [6, 6.07) is 11.3. The Morgan fingerprint density at radius 3 is 2.63 bits per heavy atom. The summed E-state index contributed by atoms with van der Waals surface area (Å²) in [6.45, 7) is 2.16. The van der Waals surface area contributed by atoms with Crippen molar-refractivity contribution in [2.45, 2.75) is 18.8 Å². The number of halogens is 2. The second-order valence-electron chi connectivity index (χ2n) is 8.33. The lowest BCUT2D eigenvalue weighted by molar-refractivity contribution is 0.102. The van der Waals surface area contributed by atoms with Crippen molar-refractivity contribution in [3.05, 3.63) is 63.2 Å². The molecule has 1 fully saturated rings. The number of carbonyl (C=O) groups is 1. The first-order chi connectivity index (χ1) is 16.9. The van der Waals surface area contributed by atoms with Crippen molar-refractivity contribution in [3.63, 3.8) is 0 Å². The van der Waals surface area contributed by atoms with Gasteiger partial charge in [0.05, 0.1) is 24.9 Å². The Labute approximate surface area is 218 Å². The molecule has 184 valence electrons. The number of carbonyl (C=O) groups excluding carboxylic acids is 1. The Morgan fingerprint density at radius 1 is 1.17 bits per heavy atom. The van der Waals surface area contributed by atoms with E-state index in [4.69, 9.17) is 21.1 Å². The lowest BCUT2D eigenvalue weighted by atomic mass is 9.89. The molecule has 0 saturated carbocycles. The number of benzene rings is 2. The predicted octanol–water partition coefficient (Wildman–Crippen LogP) is 5.71. The molecule has 1 aromatic heterocycles. The number of rotatable bonds is 7. The Morgan fingerprint density at radius 2 is 1.94 bits per heavy atom. The van der Waals surface area contributed by atoms with Crippen LogP contribution in [0.15, 0.2) is 47.1 Å². The minimum atomic E-state index is -0.439. The number of hydrogen-bond acceptors (Lipinski definition) is 7. The summed E-state index contributed by atoms with van der Waals surface area (Å²) in [7, 11) is 5.29. The lowest BCUT2D eigenvalue weighted by Crippen LogP contribution is -2.29. The number of ether oxygens (including phenoxy) is 2. The van der Waals surface area contributed by atoms with E-state index >= 15 is 0 Å². The number of para-hydroxylation sites is 1. The molecular formula is C25H27BrClN5O3. The molecule has 2 N–H and O–H groups in total. The lowest BCUT2D eigenvalue weighted by Gasteiger charge is -2.30. The van der Waals surface area contributed by atoms with Gasteiger partial charge < -0.3 is 25.0 Å². The van der Waals surface area contributed by atoms with Crippen LogP contribution in [-0.2, 0) is 0 Å². The van der Waals surface area contributed by atoms with E-state index in [1.54, 1.807) is 25.3 Å². The van der Waals surface area contributed by atoms with Gasteiger partial charge in [0.1, 0.15) is 11.3 Å². The smallest absolute Gasteiger partial charge is 0.262 e. The second kappa shape index (κ2) is 11.2. The molecule has 1 aliphatic rings. The van der Waals surface area contributed by atoms with Gasteiger partial charge in [-0.1, -0.05) is 23.7 Å². The van der Waals surface area contributed by atoms with E-state index in [1.807, 2.05) is 12.1 Å². The van der Waals surface area contributed by atoms with Crippen LogP contribution in [0.5, 0.6) is 11.6 Å². The van der Waals surface area contributed by atoms with Crippen LogP contribution in [0, 0.1) is 0 Å². The Kier molecular flexibility index (Phi) is 8.10. The van der Waals surface area contributed by atoms with Crippen molar-refractivity contribution in [1.82, 2.24) is 14.9 Å². The van der Waals surface area contributed by atoms with Gasteiger partial charge in [-0.25, -0.2) is 4.98 Å². The van der Waals surface area contributed by atoms with Crippen molar-refractivity contribution >= 4 is 50.8 Å². The molecule has 0 radical (unpaired) electrons. The molecular weight excluding hydrogens is 534 g/mol. The number of anilines is 3. The van der Waals surface area contributed by atoms with Crippen molar-refractivity contribution in [2.24, 2.45) is 0 Å². The number of aromatic nitrogens is 2. The van der Waals surface area contributed by atoms with E-state index in [-0.39, 0.29) is 11.4 Å². The maximum absolute atomic E-state index is 12.9. The fourth-order valence-electron chi connectivity index (χ4n) is 4.11. The van der Waals surface area contributed by atoms with E-state index in [1.165, 1.54) is 18.9 Å². The maximum atomic E-state index is 12.9. The van der Waals surface area contributed by atoms with Crippen LogP contribution in [0.2, 0.25) is 5.02 Å². The third-order valence-electron chi connectivity index (χ3n) is 6.04. The summed E-state index contributed by atoms with van der Waals surface area (Å²) in [4.78, 5) is 23.9. The van der Waals surface area contributed by atoms with Gasteiger partial charge in [-0.15, -0.1) is 0 Å². The Bertz CT molecular complexity index is 1200. The average Bonchev–Trinajstić information content (AvgIpc) is 2.86. The summed E-state index contributed by atoms with van der Waals surface area (Å²) in [5, 5.41) is 6.36. The van der Waals surface area contributed by atoms with Crippen LogP contribution in [0.4, 0.5) is 17.3 Å². The SMILES string of the molecule is COc1cc(Nc2ncc(C(=O)Nc3c(Cl)cccc3Br)c(OC)n2)ccc1C1CCN(C)CC1. The van der Waals surface area contributed by atoms with Gasteiger partial charge in [0, 0.05) is 22.4 Å². The maximum Gasteiger partial charge on any atom is 0.262 e. The zero-order valence-corrected chi connectivity index (χ0v) is 22.1. The summed E-state index contributed by atoms with van der Waals surface area (Å²) in [6.07, 6.45) is 3.63. The highest BCUT2D eigenvalue weighted by atomic mass is 79.9. The molecule has 0 spiro atoms. The van der Waals surface area contributed by atoms with E-state index in [0.29, 0.717) is 27.0 Å². The van der Waals surface area contributed by atoms with Crippen LogP contribution in [0.25, 0.3) is 0 Å². The number of amides is 1. The molecule has 4 rings (SSSR count). The van der Waals surface area contributed by atoms with E-state index < -0.39 is 5.91 Å². The minimum Gasteiger partial charge on any atom is -0.496 e. The Balaban J connectivity index is 1.52. The summed E-state index contributed by atoms with van der Waals surface area (Å²) in [5.74, 6) is 1.30. The molecule has 1 aliphatic heterocycles. The zero-order valence-electron chi connectivity index (χ0n) is 19.8. The van der Waals surface area contributed by atoms with Crippen molar-refractivity contribution in [2.75, 3.05) is 45.0 Å². The van der Waals surface area contributed by atoms with Crippen molar-refractivity contribution < 1.29 is 14.3 Å². The standard InChI is InChI=1S/C25H27BrClN5O3/c1-32-11-9-15(10-12-32)17-8-7-16(13-21(17)34-2)29-25-28-14-18(24(31-25)35-3)23(33)30-22-19(26)5-4-6-20(22)27/h4-8,13-15H,9-12H2,1-3H3,(H,30,33)(H,28,29,31). The predicted molar refractivity (Wildman–Crippen MR) is 141 cm³/mol. The molecule has 0 aliphatic carbocycles. The number of hydrogen-bond donors (Lipinski definition) is 2. The molecule has 0 unspecified atom stereocenters. The van der Waals surface area contributed by atoms with Crippen LogP contribution < -0.4 is 20.1 Å². The van der Waals surface area contributed by atoms with Gasteiger partial charge >= 0.3 is 0 Å². The van der Waals surface area contributed by atoms with E-state index in [0.717, 1.165) is 37.4 Å². The molecule has 1 saturated heterocycles. The average molecular weight is 561 g/mol. The fourth-order valence-corrected chi connectivity index (χ4v) is 4.91. The second-order valence-corrected chi connectivity index (χ2v) is 9.59. The third-order valence-corrected chi connectivity index (χ3v) is 7.02. The highest BCUT2D eigenvalue weighted by molar-refractivity contribution is 9.10. The van der Waals surface area contributed by atoms with Crippen LogP contribution in [0.1, 0.15) is 34.7 Å². The first kappa shape index (κ1) is 25.2. The number of likely N-dealkylation sites (tertiary alicyclic amines) is 1.